The fourth-order valence-corrected chi connectivity index (χ4v) is 4.97. The Bertz CT molecular complexity index is 1200. The monoisotopic (exact) mass is 478 g/mol. The highest BCUT2D eigenvalue weighted by atomic mass is 19.1. The van der Waals surface area contributed by atoms with Crippen LogP contribution in [0.25, 0.3) is 11.4 Å². The molecule has 1 atom stereocenters. The van der Waals surface area contributed by atoms with Crippen LogP contribution in [0, 0.1) is 18.7 Å². The Kier molecular flexibility index (Phi) is 6.32. The fourth-order valence-electron chi connectivity index (χ4n) is 4.97. The molecule has 1 unspecified atom stereocenters. The van der Waals surface area contributed by atoms with Gasteiger partial charge in [-0.15, -0.1) is 0 Å². The molecule has 3 aromatic rings. The zero-order chi connectivity index (χ0) is 24.6. The maximum absolute atomic E-state index is 13.2. The van der Waals surface area contributed by atoms with Crippen LogP contribution < -0.4 is 10.1 Å². The molecule has 8 heteroatoms. The van der Waals surface area contributed by atoms with Crippen molar-refractivity contribution in [1.29, 1.82) is 0 Å². The molecule has 35 heavy (non-hydrogen) atoms. The second kappa shape index (κ2) is 9.41. The van der Waals surface area contributed by atoms with Gasteiger partial charge in [-0.2, -0.15) is 4.98 Å². The molecule has 0 saturated carbocycles. The first kappa shape index (κ1) is 23.5. The van der Waals surface area contributed by atoms with E-state index in [1.54, 1.807) is 12.1 Å². The van der Waals surface area contributed by atoms with Gasteiger partial charge >= 0.3 is 0 Å². The average molecular weight is 479 g/mol. The SMILES string of the molecule is Cc1ccc2c(c1)C(NC(=O)C1CCN(Cc3nc(-c4ccc(F)cc4)no3)CC1)CC(C)(C)O2. The molecular weight excluding hydrogens is 447 g/mol. The third-order valence-corrected chi connectivity index (χ3v) is 6.83. The lowest BCUT2D eigenvalue weighted by atomic mass is 9.88. The van der Waals surface area contributed by atoms with Crippen LogP contribution in [0.5, 0.6) is 5.75 Å². The number of carbonyl (C=O) groups excluding carboxylic acids is 1. The largest absolute Gasteiger partial charge is 0.487 e. The zero-order valence-corrected chi connectivity index (χ0v) is 20.4. The van der Waals surface area contributed by atoms with Crippen LogP contribution in [0.15, 0.2) is 47.0 Å². The van der Waals surface area contributed by atoms with Crippen LogP contribution in [0.1, 0.15) is 56.2 Å². The van der Waals surface area contributed by atoms with Crippen LogP contribution in [0.3, 0.4) is 0 Å². The van der Waals surface area contributed by atoms with Gasteiger partial charge in [0.05, 0.1) is 12.6 Å². The summed E-state index contributed by atoms with van der Waals surface area (Å²) in [4.78, 5) is 19.9. The Morgan fingerprint density at radius 1 is 1.17 bits per heavy atom. The van der Waals surface area contributed by atoms with Gasteiger partial charge in [0, 0.05) is 23.5 Å². The van der Waals surface area contributed by atoms with E-state index in [-0.39, 0.29) is 29.3 Å². The Hall–Kier alpha value is -3.26. The summed E-state index contributed by atoms with van der Waals surface area (Å²) in [6, 6.07) is 12.1. The molecule has 1 fully saturated rings. The van der Waals surface area contributed by atoms with E-state index in [0.717, 1.165) is 49.2 Å². The molecule has 5 rings (SSSR count). The highest BCUT2D eigenvalue weighted by Crippen LogP contribution is 2.40. The Morgan fingerprint density at radius 2 is 1.91 bits per heavy atom. The van der Waals surface area contributed by atoms with Crippen LogP contribution in [0.4, 0.5) is 4.39 Å². The number of rotatable bonds is 5. The Balaban J connectivity index is 1.16. The number of carbonyl (C=O) groups is 1. The fraction of sp³-hybridized carbons (Fsp3) is 0.444. The molecule has 0 aliphatic carbocycles. The summed E-state index contributed by atoms with van der Waals surface area (Å²) in [6.45, 7) is 8.27. The number of aryl methyl sites for hydroxylation is 1. The second-order valence-corrected chi connectivity index (χ2v) is 10.2. The summed E-state index contributed by atoms with van der Waals surface area (Å²) >= 11 is 0. The summed E-state index contributed by atoms with van der Waals surface area (Å²) in [5.74, 6) is 1.60. The average Bonchev–Trinajstić information content (AvgIpc) is 3.28. The number of amides is 1. The first-order chi connectivity index (χ1) is 16.8. The summed E-state index contributed by atoms with van der Waals surface area (Å²) in [6.07, 6.45) is 2.29. The van der Waals surface area contributed by atoms with Gasteiger partial charge in [0.1, 0.15) is 17.2 Å². The third-order valence-electron chi connectivity index (χ3n) is 6.83. The van der Waals surface area contributed by atoms with Gasteiger partial charge in [-0.3, -0.25) is 9.69 Å². The van der Waals surface area contributed by atoms with Gasteiger partial charge in [-0.05, 0) is 77.0 Å². The summed E-state index contributed by atoms with van der Waals surface area (Å²) in [7, 11) is 0. The molecular formula is C27H31FN4O3. The first-order valence-electron chi connectivity index (χ1n) is 12.2. The quantitative estimate of drug-likeness (QED) is 0.567. The molecule has 1 N–H and O–H groups in total. The minimum absolute atomic E-state index is 0.0251. The highest BCUT2D eigenvalue weighted by Gasteiger charge is 2.36. The minimum atomic E-state index is -0.333. The summed E-state index contributed by atoms with van der Waals surface area (Å²) in [5.41, 5.74) is 2.59. The van der Waals surface area contributed by atoms with Crippen LogP contribution >= 0.6 is 0 Å². The number of ether oxygens (including phenoxy) is 1. The van der Waals surface area contributed by atoms with Crippen LogP contribution in [0.2, 0.25) is 0 Å². The predicted octanol–water partition coefficient (Wildman–Crippen LogP) is 4.81. The molecule has 3 heterocycles. The number of benzene rings is 2. The number of aromatic nitrogens is 2. The first-order valence-corrected chi connectivity index (χ1v) is 12.2. The topological polar surface area (TPSA) is 80.5 Å². The zero-order valence-electron chi connectivity index (χ0n) is 20.4. The molecule has 1 saturated heterocycles. The number of nitrogens with one attached hydrogen (secondary N) is 1. The van der Waals surface area contributed by atoms with Gasteiger partial charge in [-0.1, -0.05) is 22.9 Å². The Labute approximate surface area is 204 Å². The second-order valence-electron chi connectivity index (χ2n) is 10.2. The molecule has 0 bridgehead atoms. The van der Waals surface area contributed by atoms with Crippen molar-refractivity contribution in [3.8, 4) is 17.1 Å². The van der Waals surface area contributed by atoms with Crippen molar-refractivity contribution in [2.75, 3.05) is 13.1 Å². The number of piperidine rings is 1. The molecule has 2 aliphatic rings. The molecule has 0 radical (unpaired) electrons. The van der Waals surface area contributed by atoms with Crippen LogP contribution in [-0.2, 0) is 11.3 Å². The smallest absolute Gasteiger partial charge is 0.241 e. The lowest BCUT2D eigenvalue weighted by molar-refractivity contribution is -0.127. The molecule has 7 nitrogen and oxygen atoms in total. The van der Waals surface area contributed by atoms with Crippen molar-refractivity contribution in [3.63, 3.8) is 0 Å². The van der Waals surface area contributed by atoms with Crippen molar-refractivity contribution >= 4 is 5.91 Å². The number of hydrogen-bond donors (Lipinski definition) is 1. The number of fused-ring (bicyclic) bond motifs is 1. The van der Waals surface area contributed by atoms with Crippen molar-refractivity contribution in [2.24, 2.45) is 5.92 Å². The van der Waals surface area contributed by atoms with Gasteiger partial charge in [0.15, 0.2) is 0 Å². The Morgan fingerprint density at radius 3 is 2.66 bits per heavy atom. The van der Waals surface area contributed by atoms with Gasteiger partial charge in [0.25, 0.3) is 0 Å². The van der Waals surface area contributed by atoms with Crippen molar-refractivity contribution in [3.05, 3.63) is 65.3 Å². The van der Waals surface area contributed by atoms with Gasteiger partial charge in [-0.25, -0.2) is 4.39 Å². The molecule has 0 spiro atoms. The van der Waals surface area contributed by atoms with E-state index in [4.69, 9.17) is 9.26 Å². The number of hydrogen-bond acceptors (Lipinski definition) is 6. The van der Waals surface area contributed by atoms with E-state index in [1.165, 1.54) is 12.1 Å². The molecule has 2 aromatic carbocycles. The molecule has 1 amide bonds. The minimum Gasteiger partial charge on any atom is -0.487 e. The van der Waals surface area contributed by atoms with E-state index < -0.39 is 0 Å². The number of likely N-dealkylation sites (tertiary alicyclic amines) is 1. The number of nitrogens with zero attached hydrogens (tertiary/aromatic N) is 3. The van der Waals surface area contributed by atoms with Crippen molar-refractivity contribution in [1.82, 2.24) is 20.4 Å². The predicted molar refractivity (Wildman–Crippen MR) is 129 cm³/mol. The number of halogens is 1. The molecule has 1 aromatic heterocycles. The van der Waals surface area contributed by atoms with E-state index >= 15 is 0 Å². The van der Waals surface area contributed by atoms with Crippen molar-refractivity contribution < 1.29 is 18.4 Å². The molecule has 2 aliphatic heterocycles. The molecule has 184 valence electrons. The summed E-state index contributed by atoms with van der Waals surface area (Å²) in [5, 5.41) is 7.33. The maximum Gasteiger partial charge on any atom is 0.241 e. The van der Waals surface area contributed by atoms with Crippen LogP contribution in [-0.4, -0.2) is 39.6 Å². The van der Waals surface area contributed by atoms with E-state index in [2.05, 4.69) is 47.2 Å². The highest BCUT2D eigenvalue weighted by molar-refractivity contribution is 5.79. The third kappa shape index (κ3) is 5.37. The normalized spacial score (nSPS) is 20.2. The lowest BCUT2D eigenvalue weighted by Crippen LogP contribution is -2.45. The lowest BCUT2D eigenvalue weighted by Gasteiger charge is -2.39. The van der Waals surface area contributed by atoms with Gasteiger partial charge in [0.2, 0.25) is 17.6 Å². The van der Waals surface area contributed by atoms with E-state index in [9.17, 15) is 9.18 Å². The van der Waals surface area contributed by atoms with Crippen molar-refractivity contribution in [2.45, 2.75) is 58.2 Å². The summed E-state index contributed by atoms with van der Waals surface area (Å²) < 4.78 is 24.7. The van der Waals surface area contributed by atoms with E-state index in [0.29, 0.717) is 23.8 Å². The maximum atomic E-state index is 13.2. The van der Waals surface area contributed by atoms with Gasteiger partial charge < -0.3 is 14.6 Å². The standard InChI is InChI=1S/C27H31FN4O3/c1-17-4-9-23-21(14-17)22(15-27(2,3)34-23)29-26(33)19-10-12-32(13-11-19)16-24-30-25(31-35-24)18-5-7-20(28)8-6-18/h4-9,14,19,22H,10-13,15-16H2,1-3H3,(H,29,33). The van der Waals surface area contributed by atoms with E-state index in [1.807, 2.05) is 12.1 Å².